The number of thiol groups is 1. The third-order valence-electron chi connectivity index (χ3n) is 15.4. The SMILES string of the molecule is Nc1nc2c(ncn2[C@@H]2O[C@@H]3COP(O)(=S)O[C@H]4C[C@H](c5cnc6c(N)ccnn56)O[C@@H]4COP(=O)(S)O[C@@H]2[C@@H]3F)c(=O)[nH]1.Nc1nc2c(ncn2[C@@H]2O[C@@H]3COP(O)(=S)O[C@H]4[C@H]5OC[C@]4(COP(O)(=S)O[C@@H]2[C@H]3F)O[C@H]5n2cnc3c(N)ccnc32)c(=O)[nH]1. The highest BCUT2D eigenvalue weighted by Crippen LogP contribution is 2.61. The summed E-state index contributed by atoms with van der Waals surface area (Å²) >= 11 is 19.9. The van der Waals surface area contributed by atoms with Crippen LogP contribution in [0.5, 0.6) is 0 Å². The second kappa shape index (κ2) is 23.1. The number of anilines is 4. The average Bonchev–Trinajstić information content (AvgIpc) is 1.58. The standard InChI is InChI=1S/C22H24FN9O10P2S2.C21H24FN9O9P2S2/c23-10-9-3-37-43(34,45)42-15-14-20(31-6-27-11-8(24)1-2-26-16(11)31)40-22(15,4-36-14)5-38-44(35,46)41-13(10)19(39-9)32-7-28-12-17(32)29-21(25)30-18(12)33;22-14-13-6-36-41(33,43)39-11-3-10(9-4-25-17-8(23)1-2-27-31(9)17)37-12(11)5-35-42(34,44)40-16(14)20(38-13)30-7-26-15-18(30)28-21(24)29-19(15)32/h1-2,6-7,9-10,13-15,19-20H,3-5H2,(H2,24,26)(H,34,45)(H,35,46)(H3,25,29,30,33);1-2,4,7,10-14,16,20H,3,5-6,23H2,(H,33,43)(H,34,44)(H3,24,28,29,32)/t9-,10+,13-,14-,15+,19-,20-,22-,43?,44?;10-,11+,12-,13-,14-,16-,20-,41?,42?/m11/s1. The van der Waals surface area contributed by atoms with E-state index in [0.717, 1.165) is 6.33 Å². The van der Waals surface area contributed by atoms with E-state index >= 15 is 8.78 Å². The molecule has 7 aliphatic heterocycles. The maximum Gasteiger partial charge on any atom is 0.386 e. The van der Waals surface area contributed by atoms with E-state index in [9.17, 15) is 28.8 Å². The Hall–Kier alpha value is -5.11. The van der Waals surface area contributed by atoms with Gasteiger partial charge in [0.05, 0.1) is 87.6 Å². The Morgan fingerprint density at radius 2 is 1.19 bits per heavy atom. The number of fused-ring (bicyclic) bond motifs is 9. The maximum atomic E-state index is 16.0. The van der Waals surface area contributed by atoms with Crippen molar-refractivity contribution in [3.8, 4) is 0 Å². The number of nitrogens with two attached hydrogens (primary N) is 4. The summed E-state index contributed by atoms with van der Waals surface area (Å²) in [5.74, 6) is -0.460. The number of halogens is 2. The Morgan fingerprint density at radius 1 is 0.622 bits per heavy atom. The number of ether oxygens (including phenoxy) is 5. The smallest absolute Gasteiger partial charge is 0.386 e. The van der Waals surface area contributed by atoms with Crippen molar-refractivity contribution in [1.29, 1.82) is 0 Å². The quantitative estimate of drug-likeness (QED) is 0.0869. The predicted octanol–water partition coefficient (Wildman–Crippen LogP) is 1.05. The van der Waals surface area contributed by atoms with Gasteiger partial charge in [-0.1, -0.05) is 12.2 Å². The Kier molecular flexibility index (Phi) is 16.0. The van der Waals surface area contributed by atoms with Gasteiger partial charge in [0.1, 0.15) is 59.9 Å². The first-order valence-electron chi connectivity index (χ1n) is 26.5. The van der Waals surface area contributed by atoms with Crippen LogP contribution in [0, 0.1) is 0 Å². The second-order valence-electron chi connectivity index (χ2n) is 21.1. The molecule has 47 heteroatoms. The number of nitrogens with one attached hydrogen (secondary N) is 2. The van der Waals surface area contributed by atoms with Crippen molar-refractivity contribution in [2.75, 3.05) is 56.0 Å². The van der Waals surface area contributed by atoms with Crippen LogP contribution in [0.2, 0.25) is 0 Å². The molecule has 0 aliphatic carbocycles. The van der Waals surface area contributed by atoms with Crippen molar-refractivity contribution >= 4 is 137 Å². The Labute approximate surface area is 520 Å². The van der Waals surface area contributed by atoms with Gasteiger partial charge in [0.25, 0.3) is 11.1 Å². The second-order valence-corrected chi connectivity index (χ2v) is 32.3. The van der Waals surface area contributed by atoms with Crippen molar-refractivity contribution in [2.45, 2.75) is 98.0 Å². The van der Waals surface area contributed by atoms with Crippen molar-refractivity contribution < 1.29 is 87.9 Å². The normalized spacial score (nSPS) is 38.2. The molecular weight excluding hydrogens is 1360 g/mol. The Balaban J connectivity index is 0.000000157. The predicted molar refractivity (Wildman–Crippen MR) is 316 cm³/mol. The van der Waals surface area contributed by atoms with Crippen LogP contribution in [-0.2, 0) is 99.9 Å². The molecule has 482 valence electrons. The van der Waals surface area contributed by atoms with Crippen molar-refractivity contribution in [3.05, 3.63) is 76.1 Å². The molecule has 7 aliphatic rings. The van der Waals surface area contributed by atoms with Crippen LogP contribution in [0.1, 0.15) is 36.9 Å². The summed E-state index contributed by atoms with van der Waals surface area (Å²) in [5, 5.41) is 4.28. The molecule has 0 spiro atoms. The molecule has 15 heterocycles. The summed E-state index contributed by atoms with van der Waals surface area (Å²) in [5.41, 5.74) is 22.9. The number of imidazole rings is 4. The maximum absolute atomic E-state index is 16.0. The first kappa shape index (κ1) is 62.3. The molecule has 7 fully saturated rings. The number of alkyl halides is 2. The molecular formula is C43H48F2N18O19P4S4. The molecule has 15 rings (SSSR count). The number of aromatic nitrogens is 14. The molecule has 90 heavy (non-hydrogen) atoms. The number of H-pyrrole nitrogens is 2. The fourth-order valence-corrected chi connectivity index (χ4v) is 17.2. The van der Waals surface area contributed by atoms with Crippen molar-refractivity contribution in [3.63, 3.8) is 0 Å². The van der Waals surface area contributed by atoms with Crippen LogP contribution < -0.4 is 34.1 Å². The number of hydrogen-bond acceptors (Lipinski definition) is 31. The fourth-order valence-electron chi connectivity index (χ4n) is 11.4. The van der Waals surface area contributed by atoms with Gasteiger partial charge in [-0.2, -0.15) is 15.1 Å². The van der Waals surface area contributed by atoms with Gasteiger partial charge < -0.3 is 79.4 Å². The average molecular weight is 1410 g/mol. The molecule has 13 N–H and O–H groups in total. The van der Waals surface area contributed by atoms with E-state index in [1.165, 1.54) is 44.9 Å². The van der Waals surface area contributed by atoms with Crippen molar-refractivity contribution in [2.24, 2.45) is 0 Å². The number of hydrogen-bond donors (Lipinski definition) is 10. The molecule has 4 unspecified atom stereocenters. The number of nitrogen functional groups attached to an aromatic ring is 4. The van der Waals surface area contributed by atoms with Crippen LogP contribution in [0.15, 0.2) is 59.3 Å². The molecule has 8 aromatic heterocycles. The van der Waals surface area contributed by atoms with Gasteiger partial charge in [-0.3, -0.25) is 51.4 Å². The minimum Gasteiger partial charge on any atom is -0.397 e. The summed E-state index contributed by atoms with van der Waals surface area (Å²) in [6.07, 6.45) is -9.92. The third kappa shape index (κ3) is 11.4. The van der Waals surface area contributed by atoms with Gasteiger partial charge in [0, 0.05) is 12.6 Å². The molecule has 7 saturated heterocycles. The van der Waals surface area contributed by atoms with Gasteiger partial charge in [-0.15, -0.1) is 0 Å². The first-order chi connectivity index (χ1) is 42.7. The summed E-state index contributed by atoms with van der Waals surface area (Å²) in [6, 6.07) is 3.20. The largest absolute Gasteiger partial charge is 0.397 e. The Bertz CT molecular complexity index is 4500. The minimum absolute atomic E-state index is 0.0536. The van der Waals surface area contributed by atoms with E-state index in [4.69, 9.17) is 118 Å². The zero-order chi connectivity index (χ0) is 63.1. The highest BCUT2D eigenvalue weighted by molar-refractivity contribution is 8.44. The fraction of sp³-hybridized carbons (Fsp3) is 0.488. The summed E-state index contributed by atoms with van der Waals surface area (Å²) in [6.45, 7) is -19.0. The van der Waals surface area contributed by atoms with E-state index in [1.54, 1.807) is 16.7 Å². The minimum atomic E-state index is -4.34. The lowest BCUT2D eigenvalue weighted by Gasteiger charge is -2.33. The highest BCUT2D eigenvalue weighted by atomic mass is 32.7. The molecule has 8 aromatic rings. The monoisotopic (exact) mass is 1410 g/mol. The molecule has 37 nitrogen and oxygen atoms in total. The van der Waals surface area contributed by atoms with E-state index in [2.05, 4.69) is 62.2 Å². The van der Waals surface area contributed by atoms with E-state index in [-0.39, 0.29) is 47.3 Å². The van der Waals surface area contributed by atoms with Crippen LogP contribution in [-0.4, -0.2) is 183 Å². The van der Waals surface area contributed by atoms with E-state index in [0.29, 0.717) is 33.9 Å². The number of pyridine rings is 1. The van der Waals surface area contributed by atoms with Crippen LogP contribution in [0.3, 0.4) is 0 Å². The number of aromatic amines is 2. The van der Waals surface area contributed by atoms with Gasteiger partial charge in [0.2, 0.25) is 11.9 Å². The van der Waals surface area contributed by atoms with Gasteiger partial charge in [-0.05, 0) is 47.6 Å². The van der Waals surface area contributed by atoms with Crippen LogP contribution in [0.4, 0.5) is 32.1 Å². The highest BCUT2D eigenvalue weighted by Gasteiger charge is 2.66. The topological polar surface area (TPSA) is 490 Å². The summed E-state index contributed by atoms with van der Waals surface area (Å²) in [4.78, 5) is 91.8. The zero-order valence-electron chi connectivity index (χ0n) is 45.2. The molecule has 0 saturated carbocycles. The molecule has 6 bridgehead atoms. The lowest BCUT2D eigenvalue weighted by atomic mass is 10.0. The van der Waals surface area contributed by atoms with E-state index < -0.39 is 156 Å². The lowest BCUT2D eigenvalue weighted by Crippen LogP contribution is -2.45. The number of nitrogens with zero attached hydrogens (tertiary/aromatic N) is 12. The molecule has 0 aromatic carbocycles. The first-order valence-corrected chi connectivity index (χ1v) is 37.0. The molecule has 19 atom stereocenters. The molecule has 0 amide bonds. The summed E-state index contributed by atoms with van der Waals surface area (Å²) < 4.78 is 127. The van der Waals surface area contributed by atoms with E-state index in [1.807, 2.05) is 0 Å². The number of rotatable bonds is 4. The van der Waals surface area contributed by atoms with Gasteiger partial charge in [-0.25, -0.2) is 42.8 Å². The zero-order valence-corrected chi connectivity index (χ0v) is 52.1. The summed E-state index contributed by atoms with van der Waals surface area (Å²) in [7, 11) is 0. The third-order valence-corrected chi connectivity index (χ3v) is 21.7. The lowest BCUT2D eigenvalue weighted by molar-refractivity contribution is -0.183. The van der Waals surface area contributed by atoms with Crippen molar-refractivity contribution in [1.82, 2.24) is 68.2 Å². The van der Waals surface area contributed by atoms with Crippen LogP contribution in [0.25, 0.3) is 39.1 Å². The van der Waals surface area contributed by atoms with Gasteiger partial charge in [0.15, 0.2) is 64.6 Å². The molecule has 0 radical (unpaired) electrons. The van der Waals surface area contributed by atoms with Crippen LogP contribution >= 0.6 is 39.2 Å². The Morgan fingerprint density at radius 3 is 1.83 bits per heavy atom. The van der Waals surface area contributed by atoms with Gasteiger partial charge >= 0.3 is 27.0 Å².